The number of imidazole rings is 1. The van der Waals surface area contributed by atoms with Crippen molar-refractivity contribution in [1.29, 1.82) is 5.26 Å². The highest BCUT2D eigenvalue weighted by Gasteiger charge is 2.29. The van der Waals surface area contributed by atoms with Gasteiger partial charge in [0.25, 0.3) is 0 Å². The predicted octanol–water partition coefficient (Wildman–Crippen LogP) is 5.55. The van der Waals surface area contributed by atoms with E-state index in [1.165, 1.54) is 12.1 Å². The summed E-state index contributed by atoms with van der Waals surface area (Å²) in [7, 11) is 0. The number of piperidine rings is 1. The van der Waals surface area contributed by atoms with Crippen molar-refractivity contribution in [3.05, 3.63) is 89.0 Å². The first-order valence-electron chi connectivity index (χ1n) is 14.5. The molecule has 4 aromatic rings. The van der Waals surface area contributed by atoms with E-state index >= 15 is 0 Å². The smallest absolute Gasteiger partial charge is 0.335 e. The van der Waals surface area contributed by atoms with Crippen LogP contribution in [0.3, 0.4) is 0 Å². The molecule has 2 fully saturated rings. The molecule has 2 aliphatic rings. The molecular formula is C33H33FN4O5. The van der Waals surface area contributed by atoms with Crippen molar-refractivity contribution in [3.8, 4) is 17.6 Å². The summed E-state index contributed by atoms with van der Waals surface area (Å²) in [6.45, 7) is 5.25. The standard InChI is InChI=1S/C33H33FN4O5/c1-21-13-26(43-25-4-2-3-23(14-25)20-42-31-8-5-22(17-35)15-28(31)34)9-11-37(21)19-32-36-29-7-6-24(33(39)40)16-30(29)38(32)18-27-10-12-41-27/h2-8,14-16,21,26-27H,9-13,18-20H2,1H3,(H,39,40)/t21-,26-,27-/m0/s1. The molecule has 10 heteroatoms. The van der Waals surface area contributed by atoms with Gasteiger partial charge in [-0.3, -0.25) is 4.90 Å². The third-order valence-electron chi connectivity index (χ3n) is 8.22. The first kappa shape index (κ1) is 28.6. The molecule has 1 aromatic heterocycles. The number of carboxylic acid groups (broad SMARTS) is 1. The van der Waals surface area contributed by atoms with Crippen molar-refractivity contribution in [2.45, 2.75) is 64.1 Å². The van der Waals surface area contributed by atoms with E-state index in [1.54, 1.807) is 18.2 Å². The maximum atomic E-state index is 14.2. The highest BCUT2D eigenvalue weighted by atomic mass is 19.1. The lowest BCUT2D eigenvalue weighted by molar-refractivity contribution is -0.0593. The predicted molar refractivity (Wildman–Crippen MR) is 156 cm³/mol. The van der Waals surface area contributed by atoms with Gasteiger partial charge in [-0.2, -0.15) is 5.26 Å². The molecule has 1 N–H and O–H groups in total. The zero-order valence-corrected chi connectivity index (χ0v) is 23.9. The fraction of sp³-hybridized carbons (Fsp3) is 0.364. The van der Waals surface area contributed by atoms with Gasteiger partial charge in [0.1, 0.15) is 24.3 Å². The number of nitrogens with zero attached hydrogens (tertiary/aromatic N) is 4. The minimum Gasteiger partial charge on any atom is -0.490 e. The van der Waals surface area contributed by atoms with Crippen LogP contribution >= 0.6 is 0 Å². The summed E-state index contributed by atoms with van der Waals surface area (Å²) >= 11 is 0. The molecule has 9 nitrogen and oxygen atoms in total. The van der Waals surface area contributed by atoms with Crippen LogP contribution < -0.4 is 9.47 Å². The van der Waals surface area contributed by atoms with Gasteiger partial charge >= 0.3 is 5.97 Å². The SMILES string of the molecule is C[C@H]1C[C@@H](Oc2cccc(COc3ccc(C#N)cc3F)c2)CCN1Cc1nc2ccc(C(=O)O)cc2n1C[C@@H]1CCO1. The second-order valence-electron chi connectivity index (χ2n) is 11.2. The van der Waals surface area contributed by atoms with Crippen LogP contribution in [0.1, 0.15) is 53.5 Å². The van der Waals surface area contributed by atoms with Crippen LogP contribution in [-0.4, -0.2) is 56.9 Å². The van der Waals surface area contributed by atoms with E-state index in [9.17, 15) is 14.3 Å². The molecule has 0 bridgehead atoms. The summed E-state index contributed by atoms with van der Waals surface area (Å²) in [4.78, 5) is 18.9. The van der Waals surface area contributed by atoms with Crippen molar-refractivity contribution in [1.82, 2.24) is 14.5 Å². The molecule has 6 rings (SSSR count). The zero-order valence-electron chi connectivity index (χ0n) is 23.9. The molecule has 0 radical (unpaired) electrons. The van der Waals surface area contributed by atoms with Crippen molar-refractivity contribution in [2.24, 2.45) is 0 Å². The van der Waals surface area contributed by atoms with E-state index in [0.717, 1.165) is 66.7 Å². The van der Waals surface area contributed by atoms with Crippen LogP contribution in [-0.2, 0) is 24.4 Å². The quantitative estimate of drug-likeness (QED) is 0.259. The average molecular weight is 585 g/mol. The normalized spacial score (nSPS) is 20.3. The van der Waals surface area contributed by atoms with E-state index in [0.29, 0.717) is 13.1 Å². The molecule has 43 heavy (non-hydrogen) atoms. The number of halogens is 1. The molecule has 3 atom stereocenters. The summed E-state index contributed by atoms with van der Waals surface area (Å²) in [6, 6.07) is 19.0. The molecule has 2 aliphatic heterocycles. The van der Waals surface area contributed by atoms with Crippen LogP contribution in [0, 0.1) is 17.1 Å². The van der Waals surface area contributed by atoms with E-state index in [4.69, 9.17) is 24.5 Å². The van der Waals surface area contributed by atoms with Gasteiger partial charge in [-0.1, -0.05) is 12.1 Å². The van der Waals surface area contributed by atoms with Gasteiger partial charge in [-0.05, 0) is 80.3 Å². The molecule has 3 aromatic carbocycles. The zero-order chi connectivity index (χ0) is 29.9. The lowest BCUT2D eigenvalue weighted by Gasteiger charge is -2.37. The average Bonchev–Trinajstić information content (AvgIpc) is 3.31. The molecular weight excluding hydrogens is 551 g/mol. The van der Waals surface area contributed by atoms with Crippen molar-refractivity contribution < 1.29 is 28.5 Å². The van der Waals surface area contributed by atoms with E-state index in [-0.39, 0.29) is 41.7 Å². The van der Waals surface area contributed by atoms with E-state index < -0.39 is 11.8 Å². The Balaban J connectivity index is 1.09. The lowest BCUT2D eigenvalue weighted by Crippen LogP contribution is -2.44. The van der Waals surface area contributed by atoms with Gasteiger partial charge in [0.05, 0.1) is 47.4 Å². The minimum atomic E-state index is -0.954. The van der Waals surface area contributed by atoms with Gasteiger partial charge in [-0.25, -0.2) is 14.2 Å². The number of aromatic carboxylic acids is 1. The van der Waals surface area contributed by atoms with Crippen molar-refractivity contribution >= 4 is 17.0 Å². The number of rotatable bonds is 10. The number of carboxylic acids is 1. The maximum absolute atomic E-state index is 14.2. The van der Waals surface area contributed by atoms with Crippen molar-refractivity contribution in [2.75, 3.05) is 13.2 Å². The van der Waals surface area contributed by atoms with Crippen LogP contribution in [0.15, 0.2) is 60.7 Å². The second kappa shape index (κ2) is 12.4. The summed E-state index contributed by atoms with van der Waals surface area (Å²) in [5.41, 5.74) is 2.96. The van der Waals surface area contributed by atoms with Gasteiger partial charge in [0.15, 0.2) is 11.6 Å². The number of fused-ring (bicyclic) bond motifs is 1. The molecule has 0 saturated carbocycles. The van der Waals surface area contributed by atoms with Gasteiger partial charge in [0.2, 0.25) is 0 Å². The molecule has 0 amide bonds. The first-order valence-corrected chi connectivity index (χ1v) is 14.5. The van der Waals surface area contributed by atoms with Crippen LogP contribution in [0.2, 0.25) is 0 Å². The fourth-order valence-corrected chi connectivity index (χ4v) is 5.71. The number of likely N-dealkylation sites (tertiary alicyclic amines) is 1. The Bertz CT molecular complexity index is 1680. The summed E-state index contributed by atoms with van der Waals surface area (Å²) in [5, 5.41) is 18.4. The number of ether oxygens (including phenoxy) is 3. The number of hydrogen-bond donors (Lipinski definition) is 1. The molecule has 3 heterocycles. The molecule has 222 valence electrons. The number of hydrogen-bond acceptors (Lipinski definition) is 7. The highest BCUT2D eigenvalue weighted by molar-refractivity contribution is 5.92. The number of benzene rings is 3. The largest absolute Gasteiger partial charge is 0.490 e. The second-order valence-corrected chi connectivity index (χ2v) is 11.2. The Hall–Kier alpha value is -4.46. The maximum Gasteiger partial charge on any atom is 0.335 e. The summed E-state index contributed by atoms with van der Waals surface area (Å²) in [5.74, 6) is 0.228. The third kappa shape index (κ3) is 6.48. The summed E-state index contributed by atoms with van der Waals surface area (Å²) in [6.07, 6.45) is 2.82. The van der Waals surface area contributed by atoms with Crippen molar-refractivity contribution in [3.63, 3.8) is 0 Å². The van der Waals surface area contributed by atoms with Crippen LogP contribution in [0.25, 0.3) is 11.0 Å². The Kier molecular flexibility index (Phi) is 8.27. The number of carbonyl (C=O) groups is 1. The molecule has 0 spiro atoms. The number of aromatic nitrogens is 2. The van der Waals surface area contributed by atoms with Crippen LogP contribution in [0.4, 0.5) is 4.39 Å². The molecule has 2 saturated heterocycles. The monoisotopic (exact) mass is 584 g/mol. The van der Waals surface area contributed by atoms with Gasteiger partial charge < -0.3 is 23.9 Å². The number of nitriles is 1. The van der Waals surface area contributed by atoms with Gasteiger partial charge in [-0.15, -0.1) is 0 Å². The Morgan fingerprint density at radius 1 is 1.19 bits per heavy atom. The lowest BCUT2D eigenvalue weighted by atomic mass is 10.0. The highest BCUT2D eigenvalue weighted by Crippen LogP contribution is 2.28. The minimum absolute atomic E-state index is 0.0405. The third-order valence-corrected chi connectivity index (χ3v) is 8.22. The van der Waals surface area contributed by atoms with Crippen LogP contribution in [0.5, 0.6) is 11.5 Å². The fourth-order valence-electron chi connectivity index (χ4n) is 5.71. The van der Waals surface area contributed by atoms with E-state index in [2.05, 4.69) is 16.4 Å². The Labute approximate surface area is 249 Å². The molecule has 0 aliphatic carbocycles. The Morgan fingerprint density at radius 3 is 2.77 bits per heavy atom. The topological polar surface area (TPSA) is 110 Å². The van der Waals surface area contributed by atoms with Gasteiger partial charge in [0, 0.05) is 19.2 Å². The summed E-state index contributed by atoms with van der Waals surface area (Å²) < 4.78 is 34.0. The van der Waals surface area contributed by atoms with E-state index in [1.807, 2.05) is 30.3 Å². The first-order chi connectivity index (χ1) is 20.9. The Morgan fingerprint density at radius 2 is 2.05 bits per heavy atom. The molecule has 0 unspecified atom stereocenters.